The third-order valence-electron chi connectivity index (χ3n) is 2.25. The second-order valence-electron chi connectivity index (χ2n) is 3.68. The maximum absolute atomic E-state index is 11.7. The Morgan fingerprint density at radius 1 is 1.24 bits per heavy atom. The number of anilines is 2. The number of aromatic nitrogens is 1. The number of nitrogen functional groups attached to an aromatic ring is 1. The Labute approximate surface area is 99.5 Å². The molecule has 1 aromatic heterocycles. The molecule has 4 nitrogen and oxygen atoms in total. The van der Waals surface area contributed by atoms with Crippen LogP contribution in [0.15, 0.2) is 48.7 Å². The van der Waals surface area contributed by atoms with Crippen LogP contribution in [0.4, 0.5) is 11.5 Å². The van der Waals surface area contributed by atoms with Crippen LogP contribution in [0, 0.1) is 0 Å². The number of amides is 1. The van der Waals surface area contributed by atoms with E-state index in [1.54, 1.807) is 30.5 Å². The highest BCUT2D eigenvalue weighted by atomic mass is 16.1. The molecule has 17 heavy (non-hydrogen) atoms. The van der Waals surface area contributed by atoms with Gasteiger partial charge in [-0.1, -0.05) is 18.2 Å². The summed E-state index contributed by atoms with van der Waals surface area (Å²) in [4.78, 5) is 15.7. The molecule has 0 aliphatic heterocycles. The number of rotatable bonds is 3. The summed E-state index contributed by atoms with van der Waals surface area (Å²) in [6.45, 7) is 0. The number of nitrogens with two attached hydrogens (primary N) is 1. The van der Waals surface area contributed by atoms with Crippen LogP contribution in [0.5, 0.6) is 0 Å². The summed E-state index contributed by atoms with van der Waals surface area (Å²) in [7, 11) is 0. The van der Waals surface area contributed by atoms with Gasteiger partial charge in [0.25, 0.3) is 0 Å². The molecular weight excluding hydrogens is 214 g/mol. The Kier molecular flexibility index (Phi) is 3.35. The number of nitrogens with one attached hydrogen (secondary N) is 1. The van der Waals surface area contributed by atoms with Gasteiger partial charge in [-0.15, -0.1) is 0 Å². The summed E-state index contributed by atoms with van der Waals surface area (Å²) in [6, 6.07) is 12.7. The standard InChI is InChI=1S/C13H13N3O/c14-11-5-3-4-10(8-11)9-13(17)16-12-6-1-2-7-15-12/h1-8H,9,14H2,(H,15,16,17). The van der Waals surface area contributed by atoms with Gasteiger partial charge in [-0.05, 0) is 29.8 Å². The van der Waals surface area contributed by atoms with Crippen molar-refractivity contribution in [1.82, 2.24) is 4.98 Å². The maximum atomic E-state index is 11.7. The fourth-order valence-corrected chi connectivity index (χ4v) is 1.51. The summed E-state index contributed by atoms with van der Waals surface area (Å²) in [5.74, 6) is 0.454. The minimum atomic E-state index is -0.102. The van der Waals surface area contributed by atoms with E-state index >= 15 is 0 Å². The second kappa shape index (κ2) is 5.12. The van der Waals surface area contributed by atoms with Crippen molar-refractivity contribution in [2.24, 2.45) is 0 Å². The molecule has 0 radical (unpaired) electrons. The van der Waals surface area contributed by atoms with Crippen LogP contribution in [0.25, 0.3) is 0 Å². The molecule has 0 spiro atoms. The Bertz CT molecular complexity index is 511. The van der Waals surface area contributed by atoms with Gasteiger partial charge in [-0.2, -0.15) is 0 Å². The first-order valence-corrected chi connectivity index (χ1v) is 5.29. The first kappa shape index (κ1) is 11.1. The van der Waals surface area contributed by atoms with Gasteiger partial charge in [0.1, 0.15) is 5.82 Å². The molecule has 1 heterocycles. The van der Waals surface area contributed by atoms with E-state index in [4.69, 9.17) is 5.73 Å². The van der Waals surface area contributed by atoms with Crippen LogP contribution in [0.1, 0.15) is 5.56 Å². The van der Waals surface area contributed by atoms with Gasteiger partial charge in [0.05, 0.1) is 6.42 Å². The van der Waals surface area contributed by atoms with Crippen molar-refractivity contribution < 1.29 is 4.79 Å². The van der Waals surface area contributed by atoms with Crippen molar-refractivity contribution in [1.29, 1.82) is 0 Å². The number of benzene rings is 1. The molecule has 1 aromatic carbocycles. The number of pyridine rings is 1. The summed E-state index contributed by atoms with van der Waals surface area (Å²) in [5, 5.41) is 2.72. The number of nitrogens with zero attached hydrogens (tertiary/aromatic N) is 1. The van der Waals surface area contributed by atoms with E-state index < -0.39 is 0 Å². The molecule has 1 amide bonds. The molecule has 4 heteroatoms. The lowest BCUT2D eigenvalue weighted by molar-refractivity contribution is -0.115. The molecule has 0 atom stereocenters. The van der Waals surface area contributed by atoms with Crippen molar-refractivity contribution in [3.63, 3.8) is 0 Å². The van der Waals surface area contributed by atoms with Gasteiger partial charge >= 0.3 is 0 Å². The lowest BCUT2D eigenvalue weighted by Gasteiger charge is -2.04. The van der Waals surface area contributed by atoms with E-state index in [1.807, 2.05) is 18.2 Å². The van der Waals surface area contributed by atoms with Crippen LogP contribution in [-0.2, 0) is 11.2 Å². The minimum absolute atomic E-state index is 0.102. The van der Waals surface area contributed by atoms with Crippen molar-refractivity contribution in [3.8, 4) is 0 Å². The Hall–Kier alpha value is -2.36. The molecule has 0 saturated heterocycles. The zero-order valence-corrected chi connectivity index (χ0v) is 9.26. The van der Waals surface area contributed by atoms with E-state index in [2.05, 4.69) is 10.3 Å². The summed E-state index contributed by atoms with van der Waals surface area (Å²) in [5.41, 5.74) is 7.19. The highest BCUT2D eigenvalue weighted by Gasteiger charge is 2.04. The normalized spacial score (nSPS) is 9.88. The van der Waals surface area contributed by atoms with Gasteiger partial charge in [0, 0.05) is 11.9 Å². The average Bonchev–Trinajstić information content (AvgIpc) is 2.30. The third kappa shape index (κ3) is 3.31. The Morgan fingerprint density at radius 3 is 2.82 bits per heavy atom. The minimum Gasteiger partial charge on any atom is -0.399 e. The first-order chi connectivity index (χ1) is 8.24. The second-order valence-corrected chi connectivity index (χ2v) is 3.68. The predicted octanol–water partition coefficient (Wildman–Crippen LogP) is 1.84. The molecule has 0 saturated carbocycles. The van der Waals surface area contributed by atoms with Gasteiger partial charge in [0.2, 0.25) is 5.91 Å². The van der Waals surface area contributed by atoms with E-state index in [0.717, 1.165) is 5.56 Å². The fourth-order valence-electron chi connectivity index (χ4n) is 1.51. The van der Waals surface area contributed by atoms with Crippen molar-refractivity contribution >= 4 is 17.4 Å². The molecule has 0 fully saturated rings. The molecular formula is C13H13N3O. The lowest BCUT2D eigenvalue weighted by Crippen LogP contribution is -2.15. The molecule has 3 N–H and O–H groups in total. The highest BCUT2D eigenvalue weighted by Crippen LogP contribution is 2.08. The zero-order valence-electron chi connectivity index (χ0n) is 9.26. The summed E-state index contributed by atoms with van der Waals surface area (Å²) in [6.07, 6.45) is 1.93. The fraction of sp³-hybridized carbons (Fsp3) is 0.0769. The maximum Gasteiger partial charge on any atom is 0.229 e. The number of carbonyl (C=O) groups excluding carboxylic acids is 1. The zero-order chi connectivity index (χ0) is 12.1. The van der Waals surface area contributed by atoms with Gasteiger partial charge in [0.15, 0.2) is 0 Å². The quantitative estimate of drug-likeness (QED) is 0.786. The third-order valence-corrected chi connectivity index (χ3v) is 2.25. The SMILES string of the molecule is Nc1cccc(CC(=O)Nc2ccccn2)c1. The smallest absolute Gasteiger partial charge is 0.229 e. The summed E-state index contributed by atoms with van der Waals surface area (Å²) >= 11 is 0. The Balaban J connectivity index is 1.98. The molecule has 86 valence electrons. The van der Waals surface area contributed by atoms with E-state index in [0.29, 0.717) is 17.9 Å². The van der Waals surface area contributed by atoms with E-state index in [1.165, 1.54) is 0 Å². The number of hydrogen-bond donors (Lipinski definition) is 2. The van der Waals surface area contributed by atoms with Crippen molar-refractivity contribution in [2.45, 2.75) is 6.42 Å². The highest BCUT2D eigenvalue weighted by molar-refractivity contribution is 5.91. The van der Waals surface area contributed by atoms with Gasteiger partial charge in [-0.25, -0.2) is 4.98 Å². The monoisotopic (exact) mass is 227 g/mol. The molecule has 0 aliphatic rings. The van der Waals surface area contributed by atoms with Crippen molar-refractivity contribution in [2.75, 3.05) is 11.1 Å². The van der Waals surface area contributed by atoms with E-state index in [-0.39, 0.29) is 5.91 Å². The molecule has 2 aromatic rings. The average molecular weight is 227 g/mol. The molecule has 2 rings (SSSR count). The lowest BCUT2D eigenvalue weighted by atomic mass is 10.1. The van der Waals surface area contributed by atoms with E-state index in [9.17, 15) is 4.79 Å². The first-order valence-electron chi connectivity index (χ1n) is 5.29. The molecule has 0 bridgehead atoms. The van der Waals surface area contributed by atoms with Crippen LogP contribution in [0.2, 0.25) is 0 Å². The van der Waals surface area contributed by atoms with Gasteiger partial charge in [-0.3, -0.25) is 4.79 Å². The largest absolute Gasteiger partial charge is 0.399 e. The predicted molar refractivity (Wildman–Crippen MR) is 67.4 cm³/mol. The van der Waals surface area contributed by atoms with Crippen LogP contribution >= 0.6 is 0 Å². The topological polar surface area (TPSA) is 68.0 Å². The van der Waals surface area contributed by atoms with Crippen molar-refractivity contribution in [3.05, 3.63) is 54.2 Å². The number of carbonyl (C=O) groups is 1. The van der Waals surface area contributed by atoms with Gasteiger partial charge < -0.3 is 11.1 Å². The number of hydrogen-bond acceptors (Lipinski definition) is 3. The Morgan fingerprint density at radius 2 is 2.12 bits per heavy atom. The van der Waals surface area contributed by atoms with Crippen LogP contribution in [0.3, 0.4) is 0 Å². The van der Waals surface area contributed by atoms with Crippen LogP contribution < -0.4 is 11.1 Å². The molecule has 0 aliphatic carbocycles. The summed E-state index contributed by atoms with van der Waals surface area (Å²) < 4.78 is 0. The van der Waals surface area contributed by atoms with Crippen LogP contribution in [-0.4, -0.2) is 10.9 Å². The molecule has 0 unspecified atom stereocenters.